The van der Waals surface area contributed by atoms with E-state index in [4.69, 9.17) is 9.72 Å². The number of likely N-dealkylation sites (tertiary alicyclic amines) is 1. The molecule has 1 unspecified atom stereocenters. The second kappa shape index (κ2) is 14.1. The van der Waals surface area contributed by atoms with E-state index in [0.717, 1.165) is 68.1 Å². The maximum atomic E-state index is 6.52. The Morgan fingerprint density at radius 1 is 1.23 bits per heavy atom. The highest BCUT2D eigenvalue weighted by molar-refractivity contribution is 5.73. The lowest BCUT2D eigenvalue weighted by Gasteiger charge is -2.33. The summed E-state index contributed by atoms with van der Waals surface area (Å²) >= 11 is 0. The van der Waals surface area contributed by atoms with Gasteiger partial charge in [0.25, 0.3) is 0 Å². The molecule has 7 heteroatoms. The standard InChI is InChI=1S/C36H46N6O/c1-26(2)36(3,4)23-27-10-8-11-29(22-27)32-17-20-39-35(40-32)41-34(37-5)18-19-38-25-42-21-9-12-30(24-42)43-33-14-7-6-13-31(33)28-15-16-28/h7-8,10-11,14,17-20,22,28,30H,1,5-6,9,12-13,15-16,21,23-25H2,2-4H3,(H,39,40,41)/b34-18+,38-19?. The van der Waals surface area contributed by atoms with Crippen molar-refractivity contribution in [2.24, 2.45) is 21.3 Å². The summed E-state index contributed by atoms with van der Waals surface area (Å²) < 4.78 is 6.52. The molecule has 2 aromatic rings. The summed E-state index contributed by atoms with van der Waals surface area (Å²) in [6.07, 6.45) is 18.1. The predicted octanol–water partition coefficient (Wildman–Crippen LogP) is 7.77. The van der Waals surface area contributed by atoms with Gasteiger partial charge in [-0.15, -0.1) is 0 Å². The third kappa shape index (κ3) is 8.60. The number of benzene rings is 1. The number of nitrogens with one attached hydrogen (secondary N) is 1. The molecule has 43 heavy (non-hydrogen) atoms. The van der Waals surface area contributed by atoms with Gasteiger partial charge < -0.3 is 10.1 Å². The van der Waals surface area contributed by atoms with Crippen LogP contribution in [-0.2, 0) is 11.2 Å². The Labute approximate surface area is 257 Å². The Hall–Kier alpha value is -3.84. The summed E-state index contributed by atoms with van der Waals surface area (Å²) in [4.78, 5) is 20.3. The summed E-state index contributed by atoms with van der Waals surface area (Å²) in [6.45, 7) is 17.0. The van der Waals surface area contributed by atoms with Gasteiger partial charge in [-0.1, -0.05) is 50.3 Å². The Kier molecular flexibility index (Phi) is 10.0. The molecule has 1 saturated heterocycles. The summed E-state index contributed by atoms with van der Waals surface area (Å²) in [6, 6.07) is 10.4. The Morgan fingerprint density at radius 3 is 2.88 bits per heavy atom. The SMILES string of the molecule is C=N/C(=C\C=NCN1CCCC(OC2=C(C3CC3)CCC=C2)C1)Nc1nccc(-c2cccc(CC(C)(C)C(=C)C)c2)n1. The van der Waals surface area contributed by atoms with Crippen molar-refractivity contribution in [3.8, 4) is 11.3 Å². The molecule has 0 bridgehead atoms. The predicted molar refractivity (Wildman–Crippen MR) is 178 cm³/mol. The molecule has 0 spiro atoms. The van der Waals surface area contributed by atoms with Crippen LogP contribution in [0.3, 0.4) is 0 Å². The number of anilines is 1. The third-order valence-electron chi connectivity index (χ3n) is 8.70. The van der Waals surface area contributed by atoms with Crippen molar-refractivity contribution in [3.63, 3.8) is 0 Å². The van der Waals surface area contributed by atoms with Crippen molar-refractivity contribution in [2.45, 2.75) is 71.8 Å². The number of rotatable bonds is 13. The van der Waals surface area contributed by atoms with Crippen LogP contribution in [0, 0.1) is 11.3 Å². The average Bonchev–Trinajstić information content (AvgIpc) is 3.85. The quantitative estimate of drug-likeness (QED) is 0.194. The molecule has 226 valence electrons. The topological polar surface area (TPSA) is 75.0 Å². The van der Waals surface area contributed by atoms with Gasteiger partial charge >= 0.3 is 0 Å². The van der Waals surface area contributed by atoms with E-state index >= 15 is 0 Å². The van der Waals surface area contributed by atoms with E-state index in [2.05, 4.69) is 95.7 Å². The highest BCUT2D eigenvalue weighted by Crippen LogP contribution is 2.42. The average molecular weight is 579 g/mol. The Morgan fingerprint density at radius 2 is 2.09 bits per heavy atom. The second-order valence-electron chi connectivity index (χ2n) is 12.7. The lowest BCUT2D eigenvalue weighted by Crippen LogP contribution is -2.39. The van der Waals surface area contributed by atoms with Crippen LogP contribution < -0.4 is 5.32 Å². The minimum Gasteiger partial charge on any atom is -0.489 e. The molecule has 2 heterocycles. The first-order valence-electron chi connectivity index (χ1n) is 15.6. The zero-order chi connectivity index (χ0) is 30.2. The van der Waals surface area contributed by atoms with Gasteiger partial charge in [-0.05, 0) is 105 Å². The summed E-state index contributed by atoms with van der Waals surface area (Å²) in [5.41, 5.74) is 5.89. The minimum atomic E-state index is 0.0291. The van der Waals surface area contributed by atoms with Gasteiger partial charge in [-0.3, -0.25) is 9.89 Å². The van der Waals surface area contributed by atoms with Gasteiger partial charge in [0, 0.05) is 31.1 Å². The van der Waals surface area contributed by atoms with Gasteiger partial charge in [0.2, 0.25) is 5.95 Å². The first-order valence-corrected chi connectivity index (χ1v) is 15.6. The third-order valence-corrected chi connectivity index (χ3v) is 8.70. The van der Waals surface area contributed by atoms with Crippen molar-refractivity contribution in [3.05, 3.63) is 89.6 Å². The second-order valence-corrected chi connectivity index (χ2v) is 12.7. The molecule has 1 N–H and O–H groups in total. The summed E-state index contributed by atoms with van der Waals surface area (Å²) in [5, 5.41) is 3.18. The lowest BCUT2D eigenvalue weighted by molar-refractivity contribution is 0.0444. The van der Waals surface area contributed by atoms with E-state index in [1.165, 1.54) is 24.0 Å². The van der Waals surface area contributed by atoms with E-state index < -0.39 is 0 Å². The van der Waals surface area contributed by atoms with Gasteiger partial charge in [0.05, 0.1) is 12.4 Å². The number of hydrogen-bond acceptors (Lipinski definition) is 7. The highest BCUT2D eigenvalue weighted by Gasteiger charge is 2.31. The van der Waals surface area contributed by atoms with E-state index in [0.29, 0.717) is 18.4 Å². The van der Waals surface area contributed by atoms with Crippen LogP contribution in [0.1, 0.15) is 64.9 Å². The molecule has 2 fully saturated rings. The van der Waals surface area contributed by atoms with Crippen LogP contribution in [0.5, 0.6) is 0 Å². The van der Waals surface area contributed by atoms with E-state index in [1.54, 1.807) is 24.1 Å². The molecule has 7 nitrogen and oxygen atoms in total. The molecule has 1 saturated carbocycles. The number of aromatic nitrogens is 2. The molecule has 3 aliphatic rings. The number of hydrogen-bond donors (Lipinski definition) is 1. The van der Waals surface area contributed by atoms with Crippen molar-refractivity contribution in [2.75, 3.05) is 25.1 Å². The van der Waals surface area contributed by atoms with E-state index in [-0.39, 0.29) is 11.5 Å². The highest BCUT2D eigenvalue weighted by atomic mass is 16.5. The van der Waals surface area contributed by atoms with Crippen LogP contribution in [0.15, 0.2) is 94.0 Å². The molecule has 2 aliphatic carbocycles. The van der Waals surface area contributed by atoms with Crippen molar-refractivity contribution >= 4 is 18.9 Å². The molecule has 1 aromatic carbocycles. The first-order chi connectivity index (χ1) is 20.8. The number of piperidine rings is 1. The van der Waals surface area contributed by atoms with Gasteiger partial charge in [0.1, 0.15) is 17.7 Å². The normalized spacial score (nSPS) is 20.0. The number of allylic oxidation sites excluding steroid dienone is 5. The van der Waals surface area contributed by atoms with Crippen LogP contribution in [0.25, 0.3) is 11.3 Å². The molecule has 0 radical (unpaired) electrons. The van der Waals surface area contributed by atoms with Gasteiger partial charge in [-0.2, -0.15) is 0 Å². The van der Waals surface area contributed by atoms with Crippen molar-refractivity contribution < 1.29 is 4.74 Å². The fourth-order valence-electron chi connectivity index (χ4n) is 5.64. The van der Waals surface area contributed by atoms with Gasteiger partial charge in [0.15, 0.2) is 0 Å². The fraction of sp³-hybridized carbons (Fsp3) is 0.444. The first kappa shape index (κ1) is 30.6. The molecule has 1 aromatic heterocycles. The molecule has 0 amide bonds. The molecule has 1 aliphatic heterocycles. The minimum absolute atomic E-state index is 0.0291. The van der Waals surface area contributed by atoms with Crippen molar-refractivity contribution in [1.82, 2.24) is 14.9 Å². The molecular weight excluding hydrogens is 532 g/mol. The fourth-order valence-corrected chi connectivity index (χ4v) is 5.64. The van der Waals surface area contributed by atoms with Gasteiger partial charge in [-0.25, -0.2) is 15.0 Å². The van der Waals surface area contributed by atoms with Crippen LogP contribution >= 0.6 is 0 Å². The van der Waals surface area contributed by atoms with Crippen LogP contribution in [0.2, 0.25) is 0 Å². The number of aliphatic imine (C=N–C) groups is 2. The smallest absolute Gasteiger partial charge is 0.228 e. The summed E-state index contributed by atoms with van der Waals surface area (Å²) in [7, 11) is 0. The maximum Gasteiger partial charge on any atom is 0.228 e. The largest absolute Gasteiger partial charge is 0.489 e. The number of nitrogens with zero attached hydrogens (tertiary/aromatic N) is 5. The number of ether oxygens (including phenoxy) is 1. The van der Waals surface area contributed by atoms with E-state index in [1.807, 2.05) is 6.07 Å². The van der Waals surface area contributed by atoms with Crippen LogP contribution in [-0.4, -0.2) is 53.7 Å². The zero-order valence-corrected chi connectivity index (χ0v) is 26.1. The Balaban J connectivity index is 1.16. The lowest BCUT2D eigenvalue weighted by atomic mass is 9.80. The molecular formula is C36H46N6O. The molecule has 1 atom stereocenters. The Bertz CT molecular complexity index is 1430. The maximum absolute atomic E-state index is 6.52. The monoisotopic (exact) mass is 578 g/mol. The molecule has 5 rings (SSSR count). The van der Waals surface area contributed by atoms with E-state index in [9.17, 15) is 0 Å². The van der Waals surface area contributed by atoms with Crippen LogP contribution in [0.4, 0.5) is 5.95 Å². The van der Waals surface area contributed by atoms with Crippen molar-refractivity contribution in [1.29, 1.82) is 0 Å². The zero-order valence-electron chi connectivity index (χ0n) is 26.1. The summed E-state index contributed by atoms with van der Waals surface area (Å²) in [5.74, 6) is 2.91.